The molecular formula is C10H13NO2S2. The first-order chi connectivity index (χ1) is 7.05. The Labute approximate surface area is 94.2 Å². The second-order valence-corrected chi connectivity index (χ2v) is 7.03. The van der Waals surface area contributed by atoms with Crippen molar-refractivity contribution in [2.75, 3.05) is 19.3 Å². The van der Waals surface area contributed by atoms with Gasteiger partial charge in [0.25, 0.3) is 0 Å². The van der Waals surface area contributed by atoms with Gasteiger partial charge in [-0.1, -0.05) is 0 Å². The lowest BCUT2D eigenvalue weighted by molar-refractivity contribution is 0.544. The Morgan fingerprint density at radius 3 is 2.27 bits per heavy atom. The van der Waals surface area contributed by atoms with Gasteiger partial charge in [0.1, 0.15) is 0 Å². The SMILES string of the molecule is CS(=O)(=O)c1ccc(SC2CNC2)cc1. The molecule has 0 bridgehead atoms. The molecule has 1 aromatic rings. The molecule has 1 saturated heterocycles. The van der Waals surface area contributed by atoms with Gasteiger partial charge in [-0.2, -0.15) is 0 Å². The second kappa shape index (κ2) is 4.15. The van der Waals surface area contributed by atoms with Crippen molar-refractivity contribution >= 4 is 21.6 Å². The van der Waals surface area contributed by atoms with E-state index in [1.54, 1.807) is 23.9 Å². The highest BCUT2D eigenvalue weighted by Crippen LogP contribution is 2.26. The molecule has 1 aromatic carbocycles. The lowest BCUT2D eigenvalue weighted by Gasteiger charge is -2.26. The van der Waals surface area contributed by atoms with E-state index in [4.69, 9.17) is 0 Å². The number of sulfone groups is 1. The Morgan fingerprint density at radius 2 is 1.87 bits per heavy atom. The van der Waals surface area contributed by atoms with E-state index in [0.717, 1.165) is 18.0 Å². The summed E-state index contributed by atoms with van der Waals surface area (Å²) in [5.41, 5.74) is 0. The van der Waals surface area contributed by atoms with Crippen LogP contribution in [0.5, 0.6) is 0 Å². The molecule has 3 nitrogen and oxygen atoms in total. The van der Waals surface area contributed by atoms with Crippen molar-refractivity contribution in [1.29, 1.82) is 0 Å². The maximum atomic E-state index is 11.2. The van der Waals surface area contributed by atoms with Crippen molar-refractivity contribution in [3.05, 3.63) is 24.3 Å². The van der Waals surface area contributed by atoms with Crippen LogP contribution in [-0.4, -0.2) is 33.0 Å². The molecule has 0 amide bonds. The van der Waals surface area contributed by atoms with E-state index in [1.807, 2.05) is 12.1 Å². The van der Waals surface area contributed by atoms with Crippen LogP contribution in [0.3, 0.4) is 0 Å². The first-order valence-corrected chi connectivity index (χ1v) is 7.50. The predicted octanol–water partition coefficient (Wildman–Crippen LogP) is 1.15. The standard InChI is InChI=1S/C10H13NO2S2/c1-15(12,13)10-4-2-8(3-5-10)14-9-6-11-7-9/h2-5,9,11H,6-7H2,1H3. The molecule has 15 heavy (non-hydrogen) atoms. The normalized spacial score (nSPS) is 17.4. The number of nitrogens with one attached hydrogen (secondary N) is 1. The minimum atomic E-state index is -3.06. The highest BCUT2D eigenvalue weighted by Gasteiger charge is 2.17. The quantitative estimate of drug-likeness (QED) is 0.865. The van der Waals surface area contributed by atoms with Gasteiger partial charge in [0.15, 0.2) is 9.84 Å². The minimum absolute atomic E-state index is 0.388. The first-order valence-electron chi connectivity index (χ1n) is 4.73. The van der Waals surface area contributed by atoms with E-state index in [9.17, 15) is 8.42 Å². The van der Waals surface area contributed by atoms with Crippen LogP contribution < -0.4 is 5.32 Å². The zero-order valence-electron chi connectivity index (χ0n) is 8.43. The molecular weight excluding hydrogens is 230 g/mol. The maximum absolute atomic E-state index is 11.2. The Morgan fingerprint density at radius 1 is 1.27 bits per heavy atom. The summed E-state index contributed by atoms with van der Waals surface area (Å²) in [6, 6.07) is 7.09. The first kappa shape index (κ1) is 11.0. The van der Waals surface area contributed by atoms with Crippen LogP contribution in [-0.2, 0) is 9.84 Å². The summed E-state index contributed by atoms with van der Waals surface area (Å²) in [4.78, 5) is 1.52. The molecule has 1 aliphatic heterocycles. The smallest absolute Gasteiger partial charge is 0.175 e. The Balaban J connectivity index is 2.09. The van der Waals surface area contributed by atoms with Crippen molar-refractivity contribution in [2.45, 2.75) is 15.0 Å². The fourth-order valence-electron chi connectivity index (χ4n) is 1.30. The van der Waals surface area contributed by atoms with Crippen LogP contribution >= 0.6 is 11.8 Å². The van der Waals surface area contributed by atoms with E-state index in [1.165, 1.54) is 6.26 Å². The molecule has 0 saturated carbocycles. The van der Waals surface area contributed by atoms with Gasteiger partial charge in [-0.15, -0.1) is 11.8 Å². The molecule has 0 atom stereocenters. The van der Waals surface area contributed by atoms with E-state index in [2.05, 4.69) is 5.32 Å². The molecule has 1 heterocycles. The van der Waals surface area contributed by atoms with Crippen LogP contribution in [0.15, 0.2) is 34.1 Å². The van der Waals surface area contributed by atoms with E-state index in [0.29, 0.717) is 10.1 Å². The summed E-state index contributed by atoms with van der Waals surface area (Å²) < 4.78 is 22.4. The third kappa shape index (κ3) is 2.74. The number of rotatable bonds is 3. The van der Waals surface area contributed by atoms with Gasteiger partial charge in [-0.05, 0) is 24.3 Å². The second-order valence-electron chi connectivity index (χ2n) is 3.64. The monoisotopic (exact) mass is 243 g/mol. The third-order valence-corrected chi connectivity index (χ3v) is 4.64. The van der Waals surface area contributed by atoms with Crippen LogP contribution in [0.1, 0.15) is 0 Å². The van der Waals surface area contributed by atoms with Crippen molar-refractivity contribution in [2.24, 2.45) is 0 Å². The molecule has 0 spiro atoms. The average Bonchev–Trinajstić information content (AvgIpc) is 2.11. The number of hydrogen-bond acceptors (Lipinski definition) is 4. The van der Waals surface area contributed by atoms with Crippen molar-refractivity contribution < 1.29 is 8.42 Å². The zero-order valence-corrected chi connectivity index (χ0v) is 10.1. The van der Waals surface area contributed by atoms with Gasteiger partial charge in [-0.25, -0.2) is 8.42 Å². The van der Waals surface area contributed by atoms with E-state index < -0.39 is 9.84 Å². The van der Waals surface area contributed by atoms with Crippen LogP contribution in [0, 0.1) is 0 Å². The average molecular weight is 243 g/mol. The zero-order chi connectivity index (χ0) is 10.9. The summed E-state index contributed by atoms with van der Waals surface area (Å²) in [6.07, 6.45) is 1.23. The fraction of sp³-hybridized carbons (Fsp3) is 0.400. The number of hydrogen-bond donors (Lipinski definition) is 1. The summed E-state index contributed by atoms with van der Waals surface area (Å²) in [6.45, 7) is 2.08. The van der Waals surface area contributed by atoms with Crippen molar-refractivity contribution in [1.82, 2.24) is 5.32 Å². The fourth-order valence-corrected chi connectivity index (χ4v) is 3.01. The van der Waals surface area contributed by atoms with Crippen LogP contribution in [0.25, 0.3) is 0 Å². The largest absolute Gasteiger partial charge is 0.314 e. The Hall–Kier alpha value is -0.520. The van der Waals surface area contributed by atoms with E-state index in [-0.39, 0.29) is 0 Å². The molecule has 82 valence electrons. The Bertz CT molecular complexity index is 435. The van der Waals surface area contributed by atoms with Gasteiger partial charge in [0.2, 0.25) is 0 Å². The highest BCUT2D eigenvalue weighted by atomic mass is 32.2. The summed E-state index contributed by atoms with van der Waals surface area (Å²) >= 11 is 1.79. The van der Waals surface area contributed by atoms with Gasteiger partial charge in [-0.3, -0.25) is 0 Å². The van der Waals surface area contributed by atoms with Gasteiger partial charge in [0.05, 0.1) is 4.90 Å². The molecule has 5 heteroatoms. The lowest BCUT2D eigenvalue weighted by Crippen LogP contribution is -2.44. The molecule has 0 aromatic heterocycles. The van der Waals surface area contributed by atoms with Crippen LogP contribution in [0.4, 0.5) is 0 Å². The van der Waals surface area contributed by atoms with E-state index >= 15 is 0 Å². The van der Waals surface area contributed by atoms with Crippen molar-refractivity contribution in [3.8, 4) is 0 Å². The summed E-state index contributed by atoms with van der Waals surface area (Å²) in [5.74, 6) is 0. The number of thioether (sulfide) groups is 1. The predicted molar refractivity (Wildman–Crippen MR) is 62.1 cm³/mol. The molecule has 0 unspecified atom stereocenters. The minimum Gasteiger partial charge on any atom is -0.314 e. The molecule has 0 radical (unpaired) electrons. The van der Waals surface area contributed by atoms with Crippen LogP contribution in [0.2, 0.25) is 0 Å². The van der Waals surface area contributed by atoms with Gasteiger partial charge >= 0.3 is 0 Å². The summed E-state index contributed by atoms with van der Waals surface area (Å²) in [7, 11) is -3.06. The molecule has 1 aliphatic rings. The lowest BCUT2D eigenvalue weighted by atomic mass is 10.3. The van der Waals surface area contributed by atoms with Crippen molar-refractivity contribution in [3.63, 3.8) is 0 Å². The van der Waals surface area contributed by atoms with Gasteiger partial charge < -0.3 is 5.32 Å². The molecule has 1 fully saturated rings. The maximum Gasteiger partial charge on any atom is 0.175 e. The third-order valence-electron chi connectivity index (χ3n) is 2.30. The number of benzene rings is 1. The van der Waals surface area contributed by atoms with Gasteiger partial charge in [0, 0.05) is 29.5 Å². The summed E-state index contributed by atoms with van der Waals surface area (Å²) in [5, 5.41) is 3.83. The molecule has 1 N–H and O–H groups in total. The molecule has 2 rings (SSSR count). The Kier molecular flexibility index (Phi) is 3.04. The molecule has 0 aliphatic carbocycles. The highest BCUT2D eigenvalue weighted by molar-refractivity contribution is 8.00. The topological polar surface area (TPSA) is 46.2 Å².